The lowest BCUT2D eigenvalue weighted by atomic mass is 9.90. The molecule has 3 aromatic rings. The van der Waals surface area contributed by atoms with Crippen LogP contribution in [0.15, 0.2) is 33.4 Å². The monoisotopic (exact) mass is 537 g/mol. The molecule has 208 valence electrons. The normalized spacial score (nSPS) is 21.3. The minimum absolute atomic E-state index is 0.0285. The summed E-state index contributed by atoms with van der Waals surface area (Å²) in [5.41, 5.74) is 1.31. The van der Waals surface area contributed by atoms with Crippen LogP contribution in [-0.2, 0) is 24.2 Å². The molecule has 1 saturated heterocycles. The van der Waals surface area contributed by atoms with Gasteiger partial charge in [0.05, 0.1) is 25.8 Å². The molecule has 0 spiro atoms. The number of carbonyl (C=O) groups excluding carboxylic acids is 1. The lowest BCUT2D eigenvalue weighted by Gasteiger charge is -2.30. The molecule has 2 unspecified atom stereocenters. The fraction of sp³-hybridized carbons (Fsp3) is 0.586. The van der Waals surface area contributed by atoms with Crippen LogP contribution in [0, 0.1) is 23.6 Å². The molecule has 2 atom stereocenters. The maximum absolute atomic E-state index is 14.8. The van der Waals surface area contributed by atoms with Gasteiger partial charge in [-0.1, -0.05) is 30.2 Å². The molecule has 0 radical (unpaired) electrons. The largest absolute Gasteiger partial charge is 0.493 e. The third kappa shape index (κ3) is 5.79. The summed E-state index contributed by atoms with van der Waals surface area (Å²) >= 11 is 0. The highest BCUT2D eigenvalue weighted by Crippen LogP contribution is 2.50. The van der Waals surface area contributed by atoms with E-state index in [-0.39, 0.29) is 18.2 Å². The number of hydrogen-bond donors (Lipinski definition) is 0. The summed E-state index contributed by atoms with van der Waals surface area (Å²) in [5, 5.41) is 7.88. The van der Waals surface area contributed by atoms with Gasteiger partial charge in [0.2, 0.25) is 5.91 Å². The van der Waals surface area contributed by atoms with Crippen LogP contribution in [0.1, 0.15) is 68.2 Å². The maximum Gasteiger partial charge on any atom is 0.324 e. The van der Waals surface area contributed by atoms with Crippen LogP contribution < -0.4 is 9.64 Å². The molecule has 0 bridgehead atoms. The molecule has 1 amide bonds. The lowest BCUT2D eigenvalue weighted by Crippen LogP contribution is -2.36. The third-order valence-corrected chi connectivity index (χ3v) is 8.52. The first-order chi connectivity index (χ1) is 18.9. The number of hydrogen-bond acceptors (Lipinski definition) is 8. The molecular weight excluding hydrogens is 501 g/mol. The Labute approximate surface area is 227 Å². The highest BCUT2D eigenvalue weighted by Gasteiger charge is 2.43. The first kappa shape index (κ1) is 25.8. The molecule has 3 aliphatic rings. The lowest BCUT2D eigenvalue weighted by molar-refractivity contribution is -0.131. The number of rotatable bonds is 9. The molecule has 2 fully saturated rings. The molecule has 2 aromatic heterocycles. The SMILES string of the molecule is CC(C)c1noc(N2CCC(C3CC3CCOc3ccc(CC(=O)N4CCc5oncc5C4)c(F)c3)CC2)n1. The number of piperidine rings is 1. The number of nitrogens with zero attached hydrogens (tertiary/aromatic N) is 5. The average molecular weight is 538 g/mol. The third-order valence-electron chi connectivity index (χ3n) is 8.52. The summed E-state index contributed by atoms with van der Waals surface area (Å²) in [6.07, 6.45) is 6.82. The molecular formula is C29H36FN5O4. The average Bonchev–Trinajstić information content (AvgIpc) is 3.31. The predicted octanol–water partition coefficient (Wildman–Crippen LogP) is 4.77. The van der Waals surface area contributed by atoms with Gasteiger partial charge in [0, 0.05) is 43.6 Å². The highest BCUT2D eigenvalue weighted by atomic mass is 19.1. The van der Waals surface area contributed by atoms with Gasteiger partial charge >= 0.3 is 6.01 Å². The molecule has 4 heterocycles. The number of anilines is 1. The van der Waals surface area contributed by atoms with Crippen LogP contribution in [0.3, 0.4) is 0 Å². The quantitative estimate of drug-likeness (QED) is 0.385. The van der Waals surface area contributed by atoms with Crippen molar-refractivity contribution in [2.45, 2.75) is 64.8 Å². The van der Waals surface area contributed by atoms with Crippen LogP contribution in [0.4, 0.5) is 10.4 Å². The molecule has 39 heavy (non-hydrogen) atoms. The van der Waals surface area contributed by atoms with Crippen LogP contribution in [0.25, 0.3) is 0 Å². The first-order valence-electron chi connectivity index (χ1n) is 14.1. The maximum atomic E-state index is 14.8. The van der Waals surface area contributed by atoms with E-state index in [9.17, 15) is 9.18 Å². The van der Waals surface area contributed by atoms with Crippen LogP contribution >= 0.6 is 0 Å². The Kier molecular flexibility index (Phi) is 7.27. The minimum atomic E-state index is -0.402. The van der Waals surface area contributed by atoms with Gasteiger partial charge in [-0.3, -0.25) is 4.79 Å². The number of halogens is 1. The molecule has 1 saturated carbocycles. The topological polar surface area (TPSA) is 97.7 Å². The predicted molar refractivity (Wildman–Crippen MR) is 141 cm³/mol. The van der Waals surface area contributed by atoms with Gasteiger partial charge < -0.3 is 23.6 Å². The van der Waals surface area contributed by atoms with Gasteiger partial charge in [0.15, 0.2) is 5.82 Å². The van der Waals surface area contributed by atoms with E-state index in [0.29, 0.717) is 49.4 Å². The van der Waals surface area contributed by atoms with E-state index in [2.05, 4.69) is 34.0 Å². The highest BCUT2D eigenvalue weighted by molar-refractivity contribution is 5.79. The van der Waals surface area contributed by atoms with E-state index in [1.54, 1.807) is 23.2 Å². The second-order valence-corrected chi connectivity index (χ2v) is 11.5. The van der Waals surface area contributed by atoms with E-state index in [4.69, 9.17) is 13.8 Å². The van der Waals surface area contributed by atoms with Crippen molar-refractivity contribution >= 4 is 11.9 Å². The number of carbonyl (C=O) groups is 1. The van der Waals surface area contributed by atoms with Gasteiger partial charge in [-0.2, -0.15) is 4.98 Å². The van der Waals surface area contributed by atoms with Crippen molar-refractivity contribution in [3.63, 3.8) is 0 Å². The molecule has 9 nitrogen and oxygen atoms in total. The van der Waals surface area contributed by atoms with Crippen LogP contribution in [0.2, 0.25) is 0 Å². The Bertz CT molecular complexity index is 1300. The summed E-state index contributed by atoms with van der Waals surface area (Å²) < 4.78 is 31.3. The van der Waals surface area contributed by atoms with Crippen molar-refractivity contribution in [3.05, 3.63) is 52.9 Å². The minimum Gasteiger partial charge on any atom is -0.493 e. The molecule has 1 aliphatic carbocycles. The van der Waals surface area contributed by atoms with Gasteiger partial charge in [-0.15, -0.1) is 0 Å². The summed E-state index contributed by atoms with van der Waals surface area (Å²) in [6, 6.07) is 5.48. The van der Waals surface area contributed by atoms with Gasteiger partial charge in [0.25, 0.3) is 0 Å². The van der Waals surface area contributed by atoms with E-state index in [1.165, 1.54) is 12.5 Å². The zero-order chi connectivity index (χ0) is 26.9. The van der Waals surface area contributed by atoms with Crippen molar-refractivity contribution in [2.75, 3.05) is 31.1 Å². The van der Waals surface area contributed by atoms with Crippen molar-refractivity contribution in [3.8, 4) is 5.75 Å². The number of amides is 1. The van der Waals surface area contributed by atoms with Crippen molar-refractivity contribution in [2.24, 2.45) is 17.8 Å². The van der Waals surface area contributed by atoms with E-state index in [1.807, 2.05) is 0 Å². The Hall–Kier alpha value is -3.43. The zero-order valence-corrected chi connectivity index (χ0v) is 22.6. The van der Waals surface area contributed by atoms with Gasteiger partial charge in [-0.25, -0.2) is 4.39 Å². The van der Waals surface area contributed by atoms with Crippen LogP contribution in [-0.4, -0.2) is 52.3 Å². The summed E-state index contributed by atoms with van der Waals surface area (Å²) in [6.45, 7) is 7.64. The summed E-state index contributed by atoms with van der Waals surface area (Å²) in [5.74, 6) is 4.03. The van der Waals surface area contributed by atoms with Gasteiger partial charge in [0.1, 0.15) is 17.3 Å². The molecule has 1 aromatic carbocycles. The van der Waals surface area contributed by atoms with Crippen molar-refractivity contribution in [1.82, 2.24) is 20.2 Å². The zero-order valence-electron chi connectivity index (χ0n) is 22.6. The van der Waals surface area contributed by atoms with Crippen molar-refractivity contribution < 1.29 is 23.0 Å². The summed E-state index contributed by atoms with van der Waals surface area (Å²) in [4.78, 5) is 21.2. The Balaban J connectivity index is 0.916. The van der Waals surface area contributed by atoms with Crippen LogP contribution in [0.5, 0.6) is 5.75 Å². The smallest absolute Gasteiger partial charge is 0.324 e. The molecule has 6 rings (SSSR count). The van der Waals surface area contributed by atoms with E-state index >= 15 is 0 Å². The van der Waals surface area contributed by atoms with E-state index in [0.717, 1.165) is 61.3 Å². The molecule has 10 heteroatoms. The Morgan fingerprint density at radius 2 is 2.05 bits per heavy atom. The number of ether oxygens (including phenoxy) is 1. The fourth-order valence-electron chi connectivity index (χ4n) is 6.01. The molecule has 2 aliphatic heterocycles. The summed E-state index contributed by atoms with van der Waals surface area (Å²) in [7, 11) is 0. The van der Waals surface area contributed by atoms with Gasteiger partial charge in [-0.05, 0) is 55.1 Å². The number of benzene rings is 1. The standard InChI is InChI=1S/C29H36FN5O4/c1-18(2)28-32-29(39-33-28)34-9-5-19(6-10-34)24-13-20(24)8-12-37-23-4-3-21(25(30)15-23)14-27(36)35-11-7-26-22(17-35)16-31-38-26/h3-4,15-16,18-20,24H,5-14,17H2,1-2H3. The first-order valence-corrected chi connectivity index (χ1v) is 14.1. The molecule has 0 N–H and O–H groups in total. The second kappa shape index (κ2) is 11.0. The number of aromatic nitrogens is 3. The Morgan fingerprint density at radius 1 is 1.21 bits per heavy atom. The Morgan fingerprint density at radius 3 is 2.82 bits per heavy atom. The van der Waals surface area contributed by atoms with E-state index < -0.39 is 5.82 Å². The van der Waals surface area contributed by atoms with Crippen molar-refractivity contribution in [1.29, 1.82) is 0 Å². The fourth-order valence-corrected chi connectivity index (χ4v) is 6.01. The number of fused-ring (bicyclic) bond motifs is 1. The second-order valence-electron chi connectivity index (χ2n) is 11.5.